The standard InChI is InChI=1S/C22H28ClO5P/c1-3-21(4-2,17-29(25,26)27)22(28-16-15-23,19-13-9-6-10-14-19)20(24)18-11-7-5-8-12-18/h5-14H,3-4,15-17H2,1-2H3,(H2,25,26,27). The highest BCUT2D eigenvalue weighted by molar-refractivity contribution is 7.51. The average molecular weight is 439 g/mol. The largest absolute Gasteiger partial charge is 0.360 e. The minimum Gasteiger partial charge on any atom is -0.360 e. The van der Waals surface area contributed by atoms with Crippen molar-refractivity contribution in [2.45, 2.75) is 32.3 Å². The molecule has 0 heterocycles. The number of carbonyl (C=O) groups excluding carboxylic acids is 1. The highest BCUT2D eigenvalue weighted by Crippen LogP contribution is 2.56. The number of hydrogen-bond acceptors (Lipinski definition) is 3. The molecular formula is C22H28ClO5P. The zero-order valence-electron chi connectivity index (χ0n) is 16.8. The van der Waals surface area contributed by atoms with Crippen molar-refractivity contribution in [3.63, 3.8) is 0 Å². The average Bonchev–Trinajstić information content (AvgIpc) is 2.73. The molecule has 2 N–H and O–H groups in total. The van der Waals surface area contributed by atoms with Crippen LogP contribution >= 0.6 is 19.2 Å². The van der Waals surface area contributed by atoms with Crippen LogP contribution in [0.4, 0.5) is 0 Å². The Hall–Kier alpha value is -1.49. The van der Waals surface area contributed by atoms with Gasteiger partial charge in [0.1, 0.15) is 0 Å². The van der Waals surface area contributed by atoms with Crippen LogP contribution in [0.5, 0.6) is 0 Å². The quantitative estimate of drug-likeness (QED) is 0.293. The predicted octanol–water partition coefficient (Wildman–Crippen LogP) is 5.00. The van der Waals surface area contributed by atoms with E-state index >= 15 is 0 Å². The molecule has 0 amide bonds. The molecule has 2 aromatic carbocycles. The Morgan fingerprint density at radius 3 is 1.97 bits per heavy atom. The molecule has 0 fully saturated rings. The molecule has 0 aliphatic carbocycles. The lowest BCUT2D eigenvalue weighted by Gasteiger charge is -2.49. The van der Waals surface area contributed by atoms with Gasteiger partial charge in [-0.05, 0) is 18.4 Å². The lowest BCUT2D eigenvalue weighted by molar-refractivity contribution is -0.104. The summed E-state index contributed by atoms with van der Waals surface area (Å²) >= 11 is 5.93. The van der Waals surface area contributed by atoms with Crippen molar-refractivity contribution < 1.29 is 23.9 Å². The number of carbonyl (C=O) groups is 1. The lowest BCUT2D eigenvalue weighted by Crippen LogP contribution is -2.55. The number of benzene rings is 2. The third kappa shape index (κ3) is 4.99. The third-order valence-corrected chi connectivity index (χ3v) is 6.71. The normalized spacial score (nSPS) is 14.4. The van der Waals surface area contributed by atoms with E-state index in [9.17, 15) is 19.1 Å². The highest BCUT2D eigenvalue weighted by Gasteiger charge is 2.58. The molecular weight excluding hydrogens is 411 g/mol. The predicted molar refractivity (Wildman–Crippen MR) is 115 cm³/mol. The van der Waals surface area contributed by atoms with Crippen molar-refractivity contribution in [2.24, 2.45) is 5.41 Å². The van der Waals surface area contributed by atoms with E-state index in [0.29, 0.717) is 24.0 Å². The second-order valence-electron chi connectivity index (χ2n) is 7.09. The van der Waals surface area contributed by atoms with E-state index in [4.69, 9.17) is 16.3 Å². The van der Waals surface area contributed by atoms with Crippen molar-refractivity contribution in [3.8, 4) is 0 Å². The minimum absolute atomic E-state index is 0.0674. The topological polar surface area (TPSA) is 83.8 Å². The summed E-state index contributed by atoms with van der Waals surface area (Å²) in [6, 6.07) is 17.7. The van der Waals surface area contributed by atoms with Gasteiger partial charge >= 0.3 is 7.60 Å². The van der Waals surface area contributed by atoms with Crippen LogP contribution in [-0.2, 0) is 14.9 Å². The zero-order chi connectivity index (χ0) is 21.5. The van der Waals surface area contributed by atoms with Gasteiger partial charge in [0.2, 0.25) is 0 Å². The van der Waals surface area contributed by atoms with Gasteiger partial charge in [-0.3, -0.25) is 9.36 Å². The van der Waals surface area contributed by atoms with E-state index in [-0.39, 0.29) is 18.3 Å². The molecule has 2 aromatic rings. The van der Waals surface area contributed by atoms with Gasteiger partial charge < -0.3 is 14.5 Å². The number of hydrogen-bond donors (Lipinski definition) is 2. The van der Waals surface area contributed by atoms with Gasteiger partial charge in [0, 0.05) is 16.9 Å². The summed E-state index contributed by atoms with van der Waals surface area (Å²) in [5, 5.41) is 0. The summed E-state index contributed by atoms with van der Waals surface area (Å²) in [4.78, 5) is 33.8. The molecule has 0 aliphatic rings. The van der Waals surface area contributed by atoms with Crippen molar-refractivity contribution in [3.05, 3.63) is 71.8 Å². The number of halogens is 1. The van der Waals surface area contributed by atoms with E-state index in [1.807, 2.05) is 26.0 Å². The first-order chi connectivity index (χ1) is 13.8. The maximum atomic E-state index is 14.0. The first-order valence-corrected chi connectivity index (χ1v) is 12.0. The first-order valence-electron chi connectivity index (χ1n) is 9.66. The van der Waals surface area contributed by atoms with Crippen LogP contribution in [-0.4, -0.2) is 34.2 Å². The van der Waals surface area contributed by atoms with Crippen LogP contribution in [0.3, 0.4) is 0 Å². The summed E-state index contributed by atoms with van der Waals surface area (Å²) in [5.41, 5.74) is -1.74. The molecule has 29 heavy (non-hydrogen) atoms. The molecule has 0 aliphatic heterocycles. The fourth-order valence-electron chi connectivity index (χ4n) is 4.11. The van der Waals surface area contributed by atoms with Crippen LogP contribution in [0.25, 0.3) is 0 Å². The Kier molecular flexibility index (Phi) is 8.21. The monoisotopic (exact) mass is 438 g/mol. The second kappa shape index (κ2) is 10.0. The number of rotatable bonds is 11. The van der Waals surface area contributed by atoms with Crippen molar-refractivity contribution >= 4 is 25.0 Å². The maximum absolute atomic E-state index is 14.0. The molecule has 2 rings (SSSR count). The smallest absolute Gasteiger partial charge is 0.326 e. The van der Waals surface area contributed by atoms with Gasteiger partial charge in [-0.2, -0.15) is 0 Å². The summed E-state index contributed by atoms with van der Waals surface area (Å²) in [7, 11) is -4.47. The number of alkyl halides is 1. The van der Waals surface area contributed by atoms with Crippen molar-refractivity contribution in [1.29, 1.82) is 0 Å². The molecule has 0 saturated heterocycles. The molecule has 158 valence electrons. The summed E-state index contributed by atoms with van der Waals surface area (Å²) < 4.78 is 18.4. The van der Waals surface area contributed by atoms with Crippen LogP contribution in [0.15, 0.2) is 60.7 Å². The molecule has 0 spiro atoms. The summed E-state index contributed by atoms with van der Waals surface area (Å²) in [6.45, 7) is 3.73. The van der Waals surface area contributed by atoms with E-state index in [0.717, 1.165) is 0 Å². The molecule has 5 nitrogen and oxygen atoms in total. The fourth-order valence-corrected chi connectivity index (χ4v) is 5.65. The SMILES string of the molecule is CCC(CC)(CP(=O)(O)O)C(OCCCl)(C(=O)c1ccccc1)c1ccccc1. The van der Waals surface area contributed by atoms with Crippen molar-refractivity contribution in [1.82, 2.24) is 0 Å². The number of Topliss-reactive ketones (excluding diaryl/α,β-unsaturated/α-hetero) is 1. The second-order valence-corrected chi connectivity index (χ2v) is 9.11. The molecule has 0 radical (unpaired) electrons. The Morgan fingerprint density at radius 2 is 1.52 bits per heavy atom. The van der Waals surface area contributed by atoms with E-state index in [1.165, 1.54) is 0 Å². The fraction of sp³-hybridized carbons (Fsp3) is 0.409. The van der Waals surface area contributed by atoms with Crippen LogP contribution < -0.4 is 0 Å². The minimum atomic E-state index is -4.47. The Morgan fingerprint density at radius 1 is 1.00 bits per heavy atom. The van der Waals surface area contributed by atoms with Gasteiger partial charge in [0.15, 0.2) is 11.4 Å². The molecule has 1 unspecified atom stereocenters. The van der Waals surface area contributed by atoms with Crippen molar-refractivity contribution in [2.75, 3.05) is 18.6 Å². The van der Waals surface area contributed by atoms with Gasteiger partial charge in [0.25, 0.3) is 0 Å². The molecule has 1 atom stereocenters. The molecule has 0 bridgehead atoms. The number of ether oxygens (including phenoxy) is 1. The Bertz CT molecular complexity index is 833. The van der Waals surface area contributed by atoms with Crippen LogP contribution in [0.1, 0.15) is 42.6 Å². The Balaban J connectivity index is 2.86. The highest BCUT2D eigenvalue weighted by atomic mass is 35.5. The first kappa shape index (κ1) is 23.8. The van der Waals surface area contributed by atoms with Gasteiger partial charge in [-0.25, -0.2) is 0 Å². The number of ketones is 1. The maximum Gasteiger partial charge on any atom is 0.326 e. The third-order valence-electron chi connectivity index (χ3n) is 5.54. The van der Waals surface area contributed by atoms with E-state index in [2.05, 4.69) is 0 Å². The zero-order valence-corrected chi connectivity index (χ0v) is 18.4. The molecule has 0 saturated carbocycles. The van der Waals surface area contributed by atoms with E-state index in [1.54, 1.807) is 48.5 Å². The van der Waals surface area contributed by atoms with Crippen LogP contribution in [0, 0.1) is 5.41 Å². The summed E-state index contributed by atoms with van der Waals surface area (Å²) in [6.07, 6.45) is 0.206. The van der Waals surface area contributed by atoms with Crippen LogP contribution in [0.2, 0.25) is 0 Å². The molecule has 0 aromatic heterocycles. The Labute approximate surface area is 177 Å². The summed E-state index contributed by atoms with van der Waals surface area (Å²) in [5.74, 6) is -0.178. The lowest BCUT2D eigenvalue weighted by atomic mass is 9.63. The van der Waals surface area contributed by atoms with Gasteiger partial charge in [0.05, 0.1) is 12.8 Å². The van der Waals surface area contributed by atoms with E-state index < -0.39 is 24.8 Å². The van der Waals surface area contributed by atoms with Gasteiger partial charge in [-0.1, -0.05) is 74.5 Å². The van der Waals surface area contributed by atoms with Gasteiger partial charge in [-0.15, -0.1) is 11.6 Å². The molecule has 7 heteroatoms.